The molecular formula is C12H12ClN3OS. The van der Waals surface area contributed by atoms with E-state index in [9.17, 15) is 0 Å². The summed E-state index contributed by atoms with van der Waals surface area (Å²) in [6.45, 7) is 0. The van der Waals surface area contributed by atoms with Crippen LogP contribution in [0.3, 0.4) is 0 Å². The van der Waals surface area contributed by atoms with Gasteiger partial charge in [-0.1, -0.05) is 29.8 Å². The fourth-order valence-corrected chi connectivity index (χ4v) is 2.55. The van der Waals surface area contributed by atoms with Crippen molar-refractivity contribution in [2.75, 3.05) is 12.8 Å². The normalized spacial score (nSPS) is 10.3. The molecule has 0 aliphatic carbocycles. The zero-order valence-electron chi connectivity index (χ0n) is 9.76. The summed E-state index contributed by atoms with van der Waals surface area (Å²) in [5.74, 6) is 1.39. The molecular weight excluding hydrogens is 270 g/mol. The number of rotatable bonds is 4. The van der Waals surface area contributed by atoms with Crippen LogP contribution in [0.4, 0.5) is 5.95 Å². The smallest absolute Gasteiger partial charge is 0.224 e. The summed E-state index contributed by atoms with van der Waals surface area (Å²) < 4.78 is 5.04. The highest BCUT2D eigenvalue weighted by Crippen LogP contribution is 2.27. The van der Waals surface area contributed by atoms with E-state index in [2.05, 4.69) is 9.97 Å². The van der Waals surface area contributed by atoms with Gasteiger partial charge >= 0.3 is 0 Å². The Hall–Kier alpha value is -1.46. The minimum atomic E-state index is 0.205. The average molecular weight is 282 g/mol. The van der Waals surface area contributed by atoms with E-state index in [1.54, 1.807) is 13.2 Å². The highest BCUT2D eigenvalue weighted by atomic mass is 35.5. The van der Waals surface area contributed by atoms with Crippen molar-refractivity contribution in [3.8, 4) is 5.88 Å². The molecule has 0 saturated heterocycles. The van der Waals surface area contributed by atoms with Gasteiger partial charge < -0.3 is 10.5 Å². The van der Waals surface area contributed by atoms with Gasteiger partial charge in [0.1, 0.15) is 5.03 Å². The van der Waals surface area contributed by atoms with Crippen molar-refractivity contribution in [1.82, 2.24) is 9.97 Å². The Morgan fingerprint density at radius 2 is 2.11 bits per heavy atom. The lowest BCUT2D eigenvalue weighted by atomic mass is 10.2. The molecule has 0 bridgehead atoms. The third-order valence-electron chi connectivity index (χ3n) is 2.24. The van der Waals surface area contributed by atoms with E-state index in [1.165, 1.54) is 11.8 Å². The minimum Gasteiger partial charge on any atom is -0.481 e. The summed E-state index contributed by atoms with van der Waals surface area (Å²) in [7, 11) is 1.55. The summed E-state index contributed by atoms with van der Waals surface area (Å²) >= 11 is 7.62. The van der Waals surface area contributed by atoms with Crippen molar-refractivity contribution in [3.63, 3.8) is 0 Å². The minimum absolute atomic E-state index is 0.205. The molecule has 2 aromatic rings. The van der Waals surface area contributed by atoms with E-state index in [-0.39, 0.29) is 5.95 Å². The number of benzene rings is 1. The summed E-state index contributed by atoms with van der Waals surface area (Å²) in [6, 6.07) is 9.46. The molecule has 4 nitrogen and oxygen atoms in total. The number of nitrogens with two attached hydrogens (primary N) is 1. The van der Waals surface area contributed by atoms with Crippen molar-refractivity contribution in [3.05, 3.63) is 40.9 Å². The molecule has 0 saturated carbocycles. The van der Waals surface area contributed by atoms with E-state index in [0.717, 1.165) is 21.4 Å². The average Bonchev–Trinajstić information content (AvgIpc) is 2.37. The first-order chi connectivity index (χ1) is 8.69. The number of methoxy groups -OCH3 is 1. The molecule has 0 spiro atoms. The zero-order valence-corrected chi connectivity index (χ0v) is 11.3. The van der Waals surface area contributed by atoms with Crippen LogP contribution in [-0.2, 0) is 5.75 Å². The van der Waals surface area contributed by atoms with Gasteiger partial charge in [0.25, 0.3) is 0 Å². The van der Waals surface area contributed by atoms with Gasteiger partial charge in [0.05, 0.1) is 7.11 Å². The Morgan fingerprint density at radius 1 is 1.33 bits per heavy atom. The number of aromatic nitrogens is 2. The second-order valence-electron chi connectivity index (χ2n) is 3.49. The maximum Gasteiger partial charge on any atom is 0.224 e. The first kappa shape index (κ1) is 13.0. The fraction of sp³-hybridized carbons (Fsp3) is 0.167. The predicted octanol–water partition coefficient (Wildman–Crippen LogP) is 3.01. The van der Waals surface area contributed by atoms with Gasteiger partial charge in [-0.05, 0) is 11.6 Å². The first-order valence-electron chi connectivity index (χ1n) is 5.24. The molecule has 2 N–H and O–H groups in total. The van der Waals surface area contributed by atoms with Crippen LogP contribution in [0.1, 0.15) is 5.56 Å². The number of nitrogens with zero attached hydrogens (tertiary/aromatic N) is 2. The number of nitrogen functional groups attached to an aromatic ring is 1. The maximum absolute atomic E-state index is 6.08. The zero-order chi connectivity index (χ0) is 13.0. The lowest BCUT2D eigenvalue weighted by Crippen LogP contribution is -1.98. The van der Waals surface area contributed by atoms with E-state index in [0.29, 0.717) is 5.88 Å². The Morgan fingerprint density at radius 3 is 2.83 bits per heavy atom. The van der Waals surface area contributed by atoms with E-state index in [1.807, 2.05) is 24.3 Å². The van der Waals surface area contributed by atoms with Gasteiger partial charge in [0.15, 0.2) is 0 Å². The SMILES string of the molecule is COc1cc(SCc2ccccc2Cl)nc(N)n1. The number of thioether (sulfide) groups is 1. The molecule has 6 heteroatoms. The van der Waals surface area contributed by atoms with Crippen molar-refractivity contribution in [2.24, 2.45) is 0 Å². The lowest BCUT2D eigenvalue weighted by molar-refractivity contribution is 0.396. The molecule has 0 unspecified atom stereocenters. The largest absolute Gasteiger partial charge is 0.481 e. The Labute approximate surface area is 115 Å². The molecule has 0 atom stereocenters. The molecule has 1 heterocycles. The third kappa shape index (κ3) is 3.27. The van der Waals surface area contributed by atoms with Crippen molar-refractivity contribution < 1.29 is 4.74 Å². The van der Waals surface area contributed by atoms with Crippen LogP contribution in [0, 0.1) is 0 Å². The van der Waals surface area contributed by atoms with Gasteiger partial charge in [0.2, 0.25) is 11.8 Å². The number of halogens is 1. The van der Waals surface area contributed by atoms with Crippen LogP contribution in [0.2, 0.25) is 5.02 Å². The second-order valence-corrected chi connectivity index (χ2v) is 4.89. The third-order valence-corrected chi connectivity index (χ3v) is 3.57. The Bertz CT molecular complexity index is 551. The van der Waals surface area contributed by atoms with Crippen molar-refractivity contribution in [2.45, 2.75) is 10.8 Å². The summed E-state index contributed by atoms with van der Waals surface area (Å²) in [5, 5.41) is 1.51. The molecule has 2 rings (SSSR count). The monoisotopic (exact) mass is 281 g/mol. The summed E-state index contributed by atoms with van der Waals surface area (Å²) in [5.41, 5.74) is 6.65. The van der Waals surface area contributed by atoms with Crippen LogP contribution in [0.15, 0.2) is 35.4 Å². The topological polar surface area (TPSA) is 61.0 Å². The maximum atomic E-state index is 6.08. The molecule has 1 aromatic heterocycles. The standard InChI is InChI=1S/C12H12ClN3OS/c1-17-10-6-11(16-12(14)15-10)18-7-8-4-2-3-5-9(8)13/h2-6H,7H2,1H3,(H2,14,15,16). The predicted molar refractivity (Wildman–Crippen MR) is 74.0 cm³/mol. The molecule has 0 radical (unpaired) electrons. The van der Waals surface area contributed by atoms with Crippen LogP contribution >= 0.6 is 23.4 Å². The second kappa shape index (κ2) is 5.93. The molecule has 0 aliphatic heterocycles. The van der Waals surface area contributed by atoms with E-state index in [4.69, 9.17) is 22.1 Å². The van der Waals surface area contributed by atoms with Gasteiger partial charge in [0, 0.05) is 16.8 Å². The number of hydrogen-bond acceptors (Lipinski definition) is 5. The highest BCUT2D eigenvalue weighted by Gasteiger charge is 2.05. The van der Waals surface area contributed by atoms with Crippen molar-refractivity contribution >= 4 is 29.3 Å². The highest BCUT2D eigenvalue weighted by molar-refractivity contribution is 7.98. The Kier molecular flexibility index (Phi) is 4.28. The van der Waals surface area contributed by atoms with E-state index < -0.39 is 0 Å². The summed E-state index contributed by atoms with van der Waals surface area (Å²) in [6.07, 6.45) is 0. The summed E-state index contributed by atoms with van der Waals surface area (Å²) in [4.78, 5) is 8.06. The quantitative estimate of drug-likeness (QED) is 0.689. The van der Waals surface area contributed by atoms with Gasteiger partial charge in [-0.3, -0.25) is 0 Å². The molecule has 1 aromatic carbocycles. The molecule has 94 valence electrons. The molecule has 0 amide bonds. The van der Waals surface area contributed by atoms with E-state index >= 15 is 0 Å². The van der Waals surface area contributed by atoms with Crippen LogP contribution in [0.25, 0.3) is 0 Å². The fourth-order valence-electron chi connectivity index (χ4n) is 1.37. The van der Waals surface area contributed by atoms with Crippen LogP contribution in [0.5, 0.6) is 5.88 Å². The molecule has 0 aliphatic rings. The lowest BCUT2D eigenvalue weighted by Gasteiger charge is -2.05. The molecule has 0 fully saturated rings. The van der Waals surface area contributed by atoms with Gasteiger partial charge in [-0.15, -0.1) is 11.8 Å². The van der Waals surface area contributed by atoms with Crippen molar-refractivity contribution in [1.29, 1.82) is 0 Å². The number of anilines is 1. The van der Waals surface area contributed by atoms with Gasteiger partial charge in [-0.2, -0.15) is 4.98 Å². The van der Waals surface area contributed by atoms with Crippen LogP contribution < -0.4 is 10.5 Å². The van der Waals surface area contributed by atoms with Gasteiger partial charge in [-0.25, -0.2) is 4.98 Å². The Balaban J connectivity index is 2.11. The van der Waals surface area contributed by atoms with Crippen LogP contribution in [-0.4, -0.2) is 17.1 Å². The number of ether oxygens (including phenoxy) is 1. The molecule has 18 heavy (non-hydrogen) atoms. The first-order valence-corrected chi connectivity index (χ1v) is 6.60. The number of hydrogen-bond donors (Lipinski definition) is 1.